The highest BCUT2D eigenvalue weighted by atomic mass is 16.2. The third kappa shape index (κ3) is 2.72. The molecular formula is C20H26N2O2. The van der Waals surface area contributed by atoms with Crippen LogP contribution in [-0.2, 0) is 16.0 Å². The fourth-order valence-corrected chi connectivity index (χ4v) is 4.61. The van der Waals surface area contributed by atoms with Gasteiger partial charge in [-0.25, -0.2) is 0 Å². The van der Waals surface area contributed by atoms with Crippen molar-refractivity contribution in [3.8, 4) is 0 Å². The number of amides is 2. The monoisotopic (exact) mass is 326 g/mol. The zero-order chi connectivity index (χ0) is 16.7. The predicted octanol–water partition coefficient (Wildman–Crippen LogP) is 2.78. The third-order valence-corrected chi connectivity index (χ3v) is 6.13. The zero-order valence-electron chi connectivity index (χ0n) is 14.4. The SMILES string of the molecule is CC1CCC(C(=O)N2CC(=O)N3CCc4ccccc4C3C2)CC1. The van der Waals surface area contributed by atoms with Gasteiger partial charge in [0.25, 0.3) is 0 Å². The van der Waals surface area contributed by atoms with Crippen LogP contribution in [-0.4, -0.2) is 41.2 Å². The Bertz CT molecular complexity index is 649. The van der Waals surface area contributed by atoms with Gasteiger partial charge in [0.15, 0.2) is 0 Å². The molecule has 0 N–H and O–H groups in total. The molecule has 4 nitrogen and oxygen atoms in total. The Morgan fingerprint density at radius 3 is 2.67 bits per heavy atom. The minimum atomic E-state index is 0.0441. The fraction of sp³-hybridized carbons (Fsp3) is 0.600. The van der Waals surface area contributed by atoms with E-state index in [1.54, 1.807) is 0 Å². The molecule has 2 aliphatic heterocycles. The third-order valence-electron chi connectivity index (χ3n) is 6.13. The molecule has 0 bridgehead atoms. The maximum absolute atomic E-state index is 12.9. The van der Waals surface area contributed by atoms with Crippen molar-refractivity contribution in [2.45, 2.75) is 45.1 Å². The molecule has 1 atom stereocenters. The molecule has 2 amide bonds. The Morgan fingerprint density at radius 2 is 1.88 bits per heavy atom. The molecule has 1 aromatic carbocycles. The fourth-order valence-electron chi connectivity index (χ4n) is 4.61. The van der Waals surface area contributed by atoms with E-state index in [9.17, 15) is 9.59 Å². The van der Waals surface area contributed by atoms with Crippen molar-refractivity contribution >= 4 is 11.8 Å². The van der Waals surface area contributed by atoms with E-state index in [0.717, 1.165) is 44.6 Å². The van der Waals surface area contributed by atoms with Gasteiger partial charge in [0.1, 0.15) is 0 Å². The highest BCUT2D eigenvalue weighted by molar-refractivity contribution is 5.87. The van der Waals surface area contributed by atoms with Gasteiger partial charge in [0, 0.05) is 19.0 Å². The van der Waals surface area contributed by atoms with Crippen LogP contribution in [0.3, 0.4) is 0 Å². The average Bonchev–Trinajstić information content (AvgIpc) is 2.61. The van der Waals surface area contributed by atoms with E-state index in [2.05, 4.69) is 25.1 Å². The first kappa shape index (κ1) is 15.7. The van der Waals surface area contributed by atoms with Crippen LogP contribution in [0.1, 0.15) is 49.8 Å². The summed E-state index contributed by atoms with van der Waals surface area (Å²) in [6.45, 7) is 3.97. The van der Waals surface area contributed by atoms with Gasteiger partial charge >= 0.3 is 0 Å². The maximum Gasteiger partial charge on any atom is 0.242 e. The standard InChI is InChI=1S/C20H26N2O2/c1-14-6-8-16(9-7-14)20(24)21-12-18-17-5-3-2-4-15(17)10-11-22(18)19(23)13-21/h2-5,14,16,18H,6-13H2,1H3. The number of rotatable bonds is 1. The largest absolute Gasteiger partial charge is 0.332 e. The number of carbonyl (C=O) groups is 2. The highest BCUT2D eigenvalue weighted by Crippen LogP contribution is 2.35. The van der Waals surface area contributed by atoms with Crippen LogP contribution in [0.2, 0.25) is 0 Å². The van der Waals surface area contributed by atoms with Crippen LogP contribution in [0.15, 0.2) is 24.3 Å². The van der Waals surface area contributed by atoms with Crippen LogP contribution >= 0.6 is 0 Å². The van der Waals surface area contributed by atoms with Gasteiger partial charge < -0.3 is 9.80 Å². The molecule has 2 fully saturated rings. The molecule has 1 aromatic rings. The van der Waals surface area contributed by atoms with E-state index in [-0.39, 0.29) is 30.3 Å². The number of hydrogen-bond acceptors (Lipinski definition) is 2. The summed E-state index contributed by atoms with van der Waals surface area (Å²) in [6.07, 6.45) is 5.16. The van der Waals surface area contributed by atoms with Crippen molar-refractivity contribution in [3.05, 3.63) is 35.4 Å². The van der Waals surface area contributed by atoms with Gasteiger partial charge in [-0.3, -0.25) is 9.59 Å². The molecule has 2 heterocycles. The van der Waals surface area contributed by atoms with E-state index < -0.39 is 0 Å². The summed E-state index contributed by atoms with van der Waals surface area (Å²) >= 11 is 0. The Morgan fingerprint density at radius 1 is 1.12 bits per heavy atom. The second-order valence-corrected chi connectivity index (χ2v) is 7.73. The molecule has 1 saturated carbocycles. The molecule has 0 radical (unpaired) electrons. The van der Waals surface area contributed by atoms with Crippen LogP contribution in [0.4, 0.5) is 0 Å². The second kappa shape index (κ2) is 6.23. The smallest absolute Gasteiger partial charge is 0.242 e. The van der Waals surface area contributed by atoms with Crippen LogP contribution in [0.25, 0.3) is 0 Å². The van der Waals surface area contributed by atoms with Crippen molar-refractivity contribution in [1.82, 2.24) is 9.80 Å². The Balaban J connectivity index is 1.54. The lowest BCUT2D eigenvalue weighted by Gasteiger charge is -2.45. The molecule has 24 heavy (non-hydrogen) atoms. The summed E-state index contributed by atoms with van der Waals surface area (Å²) in [5.41, 5.74) is 2.55. The van der Waals surface area contributed by atoms with Crippen LogP contribution in [0, 0.1) is 11.8 Å². The Kier molecular flexibility index (Phi) is 4.07. The van der Waals surface area contributed by atoms with Crippen LogP contribution < -0.4 is 0 Å². The van der Waals surface area contributed by atoms with Gasteiger partial charge in [0.2, 0.25) is 11.8 Å². The summed E-state index contributed by atoms with van der Waals surface area (Å²) < 4.78 is 0. The number of nitrogens with zero attached hydrogens (tertiary/aromatic N) is 2. The normalized spacial score (nSPS) is 29.9. The number of benzene rings is 1. The molecular weight excluding hydrogens is 300 g/mol. The molecule has 0 aromatic heterocycles. The summed E-state index contributed by atoms with van der Waals surface area (Å²) in [4.78, 5) is 29.4. The lowest BCUT2D eigenvalue weighted by Crippen LogP contribution is -2.56. The summed E-state index contributed by atoms with van der Waals surface area (Å²) in [5, 5.41) is 0. The number of fused-ring (bicyclic) bond motifs is 3. The minimum Gasteiger partial charge on any atom is -0.332 e. The Hall–Kier alpha value is -1.84. The second-order valence-electron chi connectivity index (χ2n) is 7.73. The molecule has 1 unspecified atom stereocenters. The number of carbonyl (C=O) groups excluding carboxylic acids is 2. The Labute approximate surface area is 143 Å². The van der Waals surface area contributed by atoms with Crippen molar-refractivity contribution < 1.29 is 9.59 Å². The lowest BCUT2D eigenvalue weighted by molar-refractivity contribution is -0.152. The quantitative estimate of drug-likeness (QED) is 0.796. The average molecular weight is 326 g/mol. The topological polar surface area (TPSA) is 40.6 Å². The lowest BCUT2D eigenvalue weighted by atomic mass is 9.82. The van der Waals surface area contributed by atoms with Gasteiger partial charge in [-0.1, -0.05) is 31.2 Å². The van der Waals surface area contributed by atoms with E-state index in [4.69, 9.17) is 0 Å². The van der Waals surface area contributed by atoms with Gasteiger partial charge in [0.05, 0.1) is 12.6 Å². The van der Waals surface area contributed by atoms with Gasteiger partial charge in [-0.15, -0.1) is 0 Å². The first-order valence-electron chi connectivity index (χ1n) is 9.29. The maximum atomic E-state index is 12.9. The first-order chi connectivity index (χ1) is 11.6. The molecule has 3 aliphatic rings. The summed E-state index contributed by atoms with van der Waals surface area (Å²) in [6, 6.07) is 8.42. The molecule has 4 heteroatoms. The zero-order valence-corrected chi connectivity index (χ0v) is 14.4. The number of hydrogen-bond donors (Lipinski definition) is 0. The van der Waals surface area contributed by atoms with Gasteiger partial charge in [-0.05, 0) is 49.1 Å². The first-order valence-corrected chi connectivity index (χ1v) is 9.29. The van der Waals surface area contributed by atoms with Gasteiger partial charge in [-0.2, -0.15) is 0 Å². The van der Waals surface area contributed by atoms with Crippen molar-refractivity contribution in [1.29, 1.82) is 0 Å². The molecule has 4 rings (SSSR count). The summed E-state index contributed by atoms with van der Waals surface area (Å²) in [7, 11) is 0. The van der Waals surface area contributed by atoms with Crippen LogP contribution in [0.5, 0.6) is 0 Å². The molecule has 0 spiro atoms. The van der Waals surface area contributed by atoms with E-state index >= 15 is 0 Å². The highest BCUT2D eigenvalue weighted by Gasteiger charge is 2.40. The molecule has 1 aliphatic carbocycles. The summed E-state index contributed by atoms with van der Waals surface area (Å²) in [5.74, 6) is 1.17. The van der Waals surface area contributed by atoms with E-state index in [1.165, 1.54) is 11.1 Å². The minimum absolute atomic E-state index is 0.0441. The van der Waals surface area contributed by atoms with E-state index in [1.807, 2.05) is 15.9 Å². The van der Waals surface area contributed by atoms with E-state index in [0.29, 0.717) is 6.54 Å². The van der Waals surface area contributed by atoms with Crippen molar-refractivity contribution in [2.75, 3.05) is 19.6 Å². The van der Waals surface area contributed by atoms with Crippen molar-refractivity contribution in [3.63, 3.8) is 0 Å². The van der Waals surface area contributed by atoms with Crippen molar-refractivity contribution in [2.24, 2.45) is 11.8 Å². The molecule has 1 saturated heterocycles. The predicted molar refractivity (Wildman–Crippen MR) is 92.3 cm³/mol. The molecule has 128 valence electrons. The number of piperazine rings is 1.